The number of hydrogen-bond acceptors (Lipinski definition) is 4. The Labute approximate surface area is 123 Å². The summed E-state index contributed by atoms with van der Waals surface area (Å²) in [6, 6.07) is 6.15. The molecule has 0 aliphatic rings. The first kappa shape index (κ1) is 13.5. The Morgan fingerprint density at radius 3 is 2.76 bits per heavy atom. The van der Waals surface area contributed by atoms with Crippen molar-refractivity contribution in [3.8, 4) is 0 Å². The van der Waals surface area contributed by atoms with E-state index in [0.29, 0.717) is 11.9 Å². The van der Waals surface area contributed by atoms with Crippen LogP contribution in [-0.4, -0.2) is 19.7 Å². The van der Waals surface area contributed by atoms with E-state index < -0.39 is 0 Å². The lowest BCUT2D eigenvalue weighted by atomic mass is 10.1. The second-order valence-electron chi connectivity index (χ2n) is 5.62. The fourth-order valence-electron chi connectivity index (χ4n) is 2.54. The Morgan fingerprint density at radius 2 is 2.05 bits per heavy atom. The van der Waals surface area contributed by atoms with Crippen LogP contribution in [0, 0.1) is 6.92 Å². The van der Waals surface area contributed by atoms with E-state index in [-0.39, 0.29) is 0 Å². The summed E-state index contributed by atoms with van der Waals surface area (Å²) in [6.45, 7) is 7.22. The first-order valence-corrected chi connectivity index (χ1v) is 7.08. The Hall–Kier alpha value is -2.43. The highest BCUT2D eigenvalue weighted by Crippen LogP contribution is 2.20. The van der Waals surface area contributed by atoms with Crippen LogP contribution in [0.2, 0.25) is 0 Å². The number of fused-ring (bicyclic) bond motifs is 1. The summed E-state index contributed by atoms with van der Waals surface area (Å²) in [6.07, 6.45) is 3.71. The summed E-state index contributed by atoms with van der Waals surface area (Å²) in [5, 5.41) is 5.48. The van der Waals surface area contributed by atoms with Crippen LogP contribution in [0.1, 0.15) is 36.6 Å². The minimum absolute atomic E-state index is 0.303. The Balaban J connectivity index is 1.94. The zero-order valence-corrected chi connectivity index (χ0v) is 12.5. The monoisotopic (exact) mass is 281 g/mol. The van der Waals surface area contributed by atoms with Gasteiger partial charge in [0.05, 0.1) is 18.3 Å². The van der Waals surface area contributed by atoms with Crippen LogP contribution in [0.5, 0.6) is 0 Å². The maximum atomic E-state index is 5.65. The van der Waals surface area contributed by atoms with Crippen molar-refractivity contribution in [3.63, 3.8) is 0 Å². The second kappa shape index (κ2) is 5.16. The summed E-state index contributed by atoms with van der Waals surface area (Å²) in [5.41, 5.74) is 10.2. The molecule has 0 aliphatic heterocycles. The predicted molar refractivity (Wildman–Crippen MR) is 84.1 cm³/mol. The maximum absolute atomic E-state index is 5.65. The van der Waals surface area contributed by atoms with Gasteiger partial charge < -0.3 is 5.73 Å². The molecule has 0 spiro atoms. The number of hydrogen-bond donors (Lipinski definition) is 1. The van der Waals surface area contributed by atoms with Crippen molar-refractivity contribution in [2.45, 2.75) is 33.2 Å². The minimum Gasteiger partial charge on any atom is -0.368 e. The molecule has 108 valence electrons. The lowest BCUT2D eigenvalue weighted by Crippen LogP contribution is -2.05. The van der Waals surface area contributed by atoms with Gasteiger partial charge in [-0.05, 0) is 30.0 Å². The highest BCUT2D eigenvalue weighted by molar-refractivity contribution is 5.79. The Morgan fingerprint density at radius 1 is 1.24 bits per heavy atom. The van der Waals surface area contributed by atoms with Crippen molar-refractivity contribution in [1.29, 1.82) is 0 Å². The largest absolute Gasteiger partial charge is 0.368 e. The smallest absolute Gasteiger partial charge is 0.220 e. The molecule has 5 heteroatoms. The minimum atomic E-state index is 0.303. The molecule has 3 rings (SSSR count). The molecule has 0 fully saturated rings. The van der Waals surface area contributed by atoms with Crippen LogP contribution in [-0.2, 0) is 6.54 Å². The van der Waals surface area contributed by atoms with Gasteiger partial charge in [-0.3, -0.25) is 4.68 Å². The van der Waals surface area contributed by atoms with Gasteiger partial charge in [-0.1, -0.05) is 26.0 Å². The van der Waals surface area contributed by atoms with Crippen LogP contribution < -0.4 is 5.73 Å². The van der Waals surface area contributed by atoms with E-state index in [1.54, 1.807) is 6.20 Å². The summed E-state index contributed by atoms with van der Waals surface area (Å²) in [4.78, 5) is 8.28. The van der Waals surface area contributed by atoms with Gasteiger partial charge in [0.2, 0.25) is 5.95 Å². The number of benzene rings is 1. The van der Waals surface area contributed by atoms with Crippen molar-refractivity contribution < 1.29 is 0 Å². The molecule has 2 heterocycles. The molecule has 0 saturated heterocycles. The molecule has 1 aromatic carbocycles. The van der Waals surface area contributed by atoms with E-state index in [1.807, 2.05) is 23.0 Å². The topological polar surface area (TPSA) is 69.6 Å². The van der Waals surface area contributed by atoms with Gasteiger partial charge in [0.1, 0.15) is 0 Å². The molecular weight excluding hydrogens is 262 g/mol. The van der Waals surface area contributed by atoms with Crippen LogP contribution in [0.15, 0.2) is 30.6 Å². The number of rotatable bonds is 3. The van der Waals surface area contributed by atoms with Crippen molar-refractivity contribution in [2.24, 2.45) is 0 Å². The quantitative estimate of drug-likeness (QED) is 0.801. The lowest BCUT2D eigenvalue weighted by molar-refractivity contribution is 0.662. The molecule has 2 aromatic heterocycles. The predicted octanol–water partition coefficient (Wildman–Crippen LogP) is 2.89. The molecule has 21 heavy (non-hydrogen) atoms. The van der Waals surface area contributed by atoms with Crippen LogP contribution in [0.4, 0.5) is 5.95 Å². The fraction of sp³-hybridized carbons (Fsp3) is 0.312. The van der Waals surface area contributed by atoms with E-state index in [0.717, 1.165) is 23.0 Å². The molecule has 0 saturated carbocycles. The van der Waals surface area contributed by atoms with Crippen LogP contribution in [0.3, 0.4) is 0 Å². The van der Waals surface area contributed by atoms with Gasteiger partial charge in [0.15, 0.2) is 0 Å². The molecule has 0 atom stereocenters. The van der Waals surface area contributed by atoms with Gasteiger partial charge in [0.25, 0.3) is 0 Å². The third-order valence-corrected chi connectivity index (χ3v) is 3.76. The van der Waals surface area contributed by atoms with Gasteiger partial charge in [-0.15, -0.1) is 0 Å². The molecule has 2 N–H and O–H groups in total. The second-order valence-corrected chi connectivity index (χ2v) is 5.62. The number of aromatic nitrogens is 4. The van der Waals surface area contributed by atoms with Crippen LogP contribution >= 0.6 is 0 Å². The van der Waals surface area contributed by atoms with Gasteiger partial charge >= 0.3 is 0 Å². The molecule has 0 radical (unpaired) electrons. The van der Waals surface area contributed by atoms with Gasteiger partial charge in [0, 0.05) is 17.3 Å². The normalized spacial score (nSPS) is 11.4. The standard InChI is InChI=1S/C16H19N5/c1-10(2)14-8-19-21(11(14)3)9-12-4-5-13-7-18-16(17)20-15(13)6-12/h4-8,10H,9H2,1-3H3,(H2,17,18,20). The number of nitrogen functional groups attached to an aromatic ring is 1. The SMILES string of the molecule is Cc1c(C(C)C)cnn1Cc1ccc2cnc(N)nc2c1. The highest BCUT2D eigenvalue weighted by atomic mass is 15.3. The Bertz CT molecular complexity index is 788. The highest BCUT2D eigenvalue weighted by Gasteiger charge is 2.10. The van der Waals surface area contributed by atoms with Crippen LogP contribution in [0.25, 0.3) is 10.9 Å². The number of anilines is 1. The maximum Gasteiger partial charge on any atom is 0.220 e. The third-order valence-electron chi connectivity index (χ3n) is 3.76. The van der Waals surface area contributed by atoms with Crippen molar-refractivity contribution in [2.75, 3.05) is 5.73 Å². The van der Waals surface area contributed by atoms with E-state index in [4.69, 9.17) is 5.73 Å². The zero-order chi connectivity index (χ0) is 15.0. The molecule has 0 unspecified atom stereocenters. The van der Waals surface area contributed by atoms with E-state index in [9.17, 15) is 0 Å². The lowest BCUT2D eigenvalue weighted by Gasteiger charge is -2.08. The fourth-order valence-corrected chi connectivity index (χ4v) is 2.54. The molecule has 5 nitrogen and oxygen atoms in total. The summed E-state index contributed by atoms with van der Waals surface area (Å²) >= 11 is 0. The molecular formula is C16H19N5. The third kappa shape index (κ3) is 2.59. The summed E-state index contributed by atoms with van der Waals surface area (Å²) in [7, 11) is 0. The molecule has 0 amide bonds. The van der Waals surface area contributed by atoms with E-state index in [2.05, 4.69) is 41.9 Å². The van der Waals surface area contributed by atoms with Crippen molar-refractivity contribution in [3.05, 3.63) is 47.4 Å². The summed E-state index contributed by atoms with van der Waals surface area (Å²) in [5.74, 6) is 0.792. The van der Waals surface area contributed by atoms with Crippen molar-refractivity contribution in [1.82, 2.24) is 19.7 Å². The van der Waals surface area contributed by atoms with Crippen molar-refractivity contribution >= 4 is 16.9 Å². The van der Waals surface area contributed by atoms with E-state index >= 15 is 0 Å². The molecule has 0 aliphatic carbocycles. The average Bonchev–Trinajstić information content (AvgIpc) is 2.80. The number of nitrogens with two attached hydrogens (primary N) is 1. The average molecular weight is 281 g/mol. The Kier molecular flexibility index (Phi) is 3.33. The zero-order valence-electron chi connectivity index (χ0n) is 12.5. The number of nitrogens with zero attached hydrogens (tertiary/aromatic N) is 4. The molecule has 3 aromatic rings. The molecule has 0 bridgehead atoms. The van der Waals surface area contributed by atoms with Gasteiger partial charge in [-0.25, -0.2) is 9.97 Å². The van der Waals surface area contributed by atoms with Gasteiger partial charge in [-0.2, -0.15) is 5.10 Å². The van der Waals surface area contributed by atoms with E-state index in [1.165, 1.54) is 11.3 Å². The first-order valence-electron chi connectivity index (χ1n) is 7.08. The summed E-state index contributed by atoms with van der Waals surface area (Å²) < 4.78 is 2.03. The first-order chi connectivity index (χ1) is 10.0.